The second-order valence-corrected chi connectivity index (χ2v) is 5.93. The number of ether oxygens (including phenoxy) is 1. The summed E-state index contributed by atoms with van der Waals surface area (Å²) in [6.07, 6.45) is 0. The van der Waals surface area contributed by atoms with Crippen LogP contribution >= 0.6 is 0 Å². The molecule has 0 spiro atoms. The Balaban J connectivity index is 2.36. The van der Waals surface area contributed by atoms with Crippen LogP contribution in [0.3, 0.4) is 0 Å². The van der Waals surface area contributed by atoms with Gasteiger partial charge in [0.1, 0.15) is 16.7 Å². The summed E-state index contributed by atoms with van der Waals surface area (Å²) in [6.45, 7) is 3.07. The van der Waals surface area contributed by atoms with Crippen LogP contribution in [0.2, 0.25) is 0 Å². The molecule has 1 aromatic carbocycles. The molecular formula is C13H14N4O3S. The highest BCUT2D eigenvalue weighted by molar-refractivity contribution is 7.92. The number of benzene rings is 1. The van der Waals surface area contributed by atoms with E-state index in [4.69, 9.17) is 10.00 Å². The second kappa shape index (κ2) is 5.85. The van der Waals surface area contributed by atoms with Crippen LogP contribution in [-0.4, -0.2) is 25.2 Å². The fourth-order valence-electron chi connectivity index (χ4n) is 1.92. The van der Waals surface area contributed by atoms with Crippen molar-refractivity contribution >= 4 is 15.7 Å². The number of aromatic amines is 1. The minimum Gasteiger partial charge on any atom is -0.477 e. The van der Waals surface area contributed by atoms with Crippen molar-refractivity contribution in [2.75, 3.05) is 11.3 Å². The summed E-state index contributed by atoms with van der Waals surface area (Å²) in [5.41, 5.74) is 1.11. The van der Waals surface area contributed by atoms with E-state index in [2.05, 4.69) is 14.9 Å². The maximum Gasteiger partial charge on any atom is 0.265 e. The second-order valence-electron chi connectivity index (χ2n) is 4.31. The lowest BCUT2D eigenvalue weighted by molar-refractivity contribution is 0.370. The maximum absolute atomic E-state index is 12.4. The van der Waals surface area contributed by atoms with Crippen molar-refractivity contribution in [3.05, 3.63) is 35.7 Å². The number of hydrogen-bond donors (Lipinski definition) is 2. The predicted molar refractivity (Wildman–Crippen MR) is 76.4 cm³/mol. The molecule has 0 bridgehead atoms. The van der Waals surface area contributed by atoms with Crippen molar-refractivity contribution in [2.24, 2.45) is 0 Å². The fourth-order valence-corrected chi connectivity index (χ4v) is 3.36. The first-order chi connectivity index (χ1) is 9.95. The molecule has 0 unspecified atom stereocenters. The summed E-state index contributed by atoms with van der Waals surface area (Å²) >= 11 is 0. The molecule has 1 heterocycles. The van der Waals surface area contributed by atoms with Gasteiger partial charge in [0, 0.05) is 0 Å². The first-order valence-corrected chi connectivity index (χ1v) is 7.57. The van der Waals surface area contributed by atoms with Crippen LogP contribution in [-0.2, 0) is 10.0 Å². The van der Waals surface area contributed by atoms with E-state index >= 15 is 0 Å². The van der Waals surface area contributed by atoms with E-state index < -0.39 is 10.0 Å². The average Bonchev–Trinajstić information content (AvgIpc) is 2.77. The van der Waals surface area contributed by atoms with Gasteiger partial charge in [-0.2, -0.15) is 10.4 Å². The Bertz CT molecular complexity index is 770. The van der Waals surface area contributed by atoms with Crippen molar-refractivity contribution in [3.63, 3.8) is 0 Å². The molecule has 0 fully saturated rings. The van der Waals surface area contributed by atoms with Crippen molar-refractivity contribution in [3.8, 4) is 11.8 Å². The smallest absolute Gasteiger partial charge is 0.265 e. The van der Waals surface area contributed by atoms with Crippen LogP contribution < -0.4 is 9.46 Å². The Labute approximate surface area is 122 Å². The predicted octanol–water partition coefficient (Wildman–Crippen LogP) is 1.73. The van der Waals surface area contributed by atoms with Gasteiger partial charge in [0.2, 0.25) is 0 Å². The molecule has 0 saturated carbocycles. The number of nitrogens with one attached hydrogen (secondary N) is 2. The summed E-state index contributed by atoms with van der Waals surface area (Å²) < 4.78 is 32.5. The van der Waals surface area contributed by atoms with E-state index in [1.54, 1.807) is 38.1 Å². The SMILES string of the molecule is Cc1n[nH]c(C)c1S(=O)(=O)Nc1ccccc1OCC#N. The highest BCUT2D eigenvalue weighted by atomic mass is 32.2. The quantitative estimate of drug-likeness (QED) is 0.874. The van der Waals surface area contributed by atoms with Gasteiger partial charge < -0.3 is 4.74 Å². The monoisotopic (exact) mass is 306 g/mol. The number of aromatic nitrogens is 2. The number of rotatable bonds is 5. The lowest BCUT2D eigenvalue weighted by atomic mass is 10.3. The maximum atomic E-state index is 12.4. The average molecular weight is 306 g/mol. The van der Waals surface area contributed by atoms with E-state index in [1.165, 1.54) is 0 Å². The third-order valence-corrected chi connectivity index (χ3v) is 4.38. The molecular weight excluding hydrogens is 292 g/mol. The van der Waals surface area contributed by atoms with Crippen LogP contribution in [0.1, 0.15) is 11.4 Å². The molecule has 0 atom stereocenters. The number of anilines is 1. The lowest BCUT2D eigenvalue weighted by Crippen LogP contribution is -2.15. The Morgan fingerprint density at radius 2 is 2.10 bits per heavy atom. The normalized spacial score (nSPS) is 10.9. The number of hydrogen-bond acceptors (Lipinski definition) is 5. The van der Waals surface area contributed by atoms with Gasteiger partial charge in [-0.15, -0.1) is 0 Å². The molecule has 0 saturated heterocycles. The van der Waals surface area contributed by atoms with Gasteiger partial charge in [0.25, 0.3) is 10.0 Å². The first kappa shape index (κ1) is 14.9. The summed E-state index contributed by atoms with van der Waals surface area (Å²) in [6, 6.07) is 8.36. The summed E-state index contributed by atoms with van der Waals surface area (Å²) in [7, 11) is -3.79. The molecule has 110 valence electrons. The van der Waals surface area contributed by atoms with E-state index in [0.29, 0.717) is 17.1 Å². The molecule has 21 heavy (non-hydrogen) atoms. The highest BCUT2D eigenvalue weighted by Crippen LogP contribution is 2.27. The molecule has 0 aliphatic carbocycles. The Morgan fingerprint density at radius 3 is 2.71 bits per heavy atom. The molecule has 0 radical (unpaired) electrons. The van der Waals surface area contributed by atoms with Crippen LogP contribution in [0.5, 0.6) is 5.75 Å². The number of nitriles is 1. The van der Waals surface area contributed by atoms with Gasteiger partial charge >= 0.3 is 0 Å². The van der Waals surface area contributed by atoms with E-state index in [-0.39, 0.29) is 17.2 Å². The molecule has 2 rings (SSSR count). The molecule has 2 N–H and O–H groups in total. The van der Waals surface area contributed by atoms with E-state index in [9.17, 15) is 8.42 Å². The topological polar surface area (TPSA) is 108 Å². The van der Waals surface area contributed by atoms with E-state index in [1.807, 2.05) is 6.07 Å². The number of nitrogens with zero attached hydrogens (tertiary/aromatic N) is 2. The summed E-state index contributed by atoms with van der Waals surface area (Å²) in [4.78, 5) is 0.109. The van der Waals surface area contributed by atoms with Crippen molar-refractivity contribution in [2.45, 2.75) is 18.7 Å². The molecule has 0 amide bonds. The molecule has 2 aromatic rings. The molecule has 0 aliphatic rings. The molecule has 1 aromatic heterocycles. The van der Waals surface area contributed by atoms with Gasteiger partial charge in [-0.05, 0) is 26.0 Å². The fraction of sp³-hybridized carbons (Fsp3) is 0.231. The zero-order chi connectivity index (χ0) is 15.5. The van der Waals surface area contributed by atoms with Crippen LogP contribution in [0.4, 0.5) is 5.69 Å². The van der Waals surface area contributed by atoms with E-state index in [0.717, 1.165) is 0 Å². The van der Waals surface area contributed by atoms with Gasteiger partial charge in [-0.3, -0.25) is 9.82 Å². The number of aryl methyl sites for hydroxylation is 2. The Morgan fingerprint density at radius 1 is 1.38 bits per heavy atom. The Hall–Kier alpha value is -2.53. The Kier molecular flexibility index (Phi) is 4.14. The zero-order valence-electron chi connectivity index (χ0n) is 11.5. The number of H-pyrrole nitrogens is 1. The van der Waals surface area contributed by atoms with Gasteiger partial charge in [-0.1, -0.05) is 12.1 Å². The molecule has 7 nitrogen and oxygen atoms in total. The van der Waals surface area contributed by atoms with Crippen molar-refractivity contribution in [1.29, 1.82) is 5.26 Å². The molecule has 0 aliphatic heterocycles. The van der Waals surface area contributed by atoms with Crippen LogP contribution in [0, 0.1) is 25.2 Å². The van der Waals surface area contributed by atoms with Gasteiger partial charge in [0.15, 0.2) is 6.61 Å². The number of sulfonamides is 1. The van der Waals surface area contributed by atoms with Crippen LogP contribution in [0.25, 0.3) is 0 Å². The number of para-hydroxylation sites is 2. The minimum atomic E-state index is -3.79. The zero-order valence-corrected chi connectivity index (χ0v) is 12.4. The highest BCUT2D eigenvalue weighted by Gasteiger charge is 2.23. The van der Waals surface area contributed by atoms with Gasteiger partial charge in [-0.25, -0.2) is 8.42 Å². The third-order valence-electron chi connectivity index (χ3n) is 2.75. The molecule has 8 heteroatoms. The van der Waals surface area contributed by atoms with Gasteiger partial charge in [0.05, 0.1) is 17.1 Å². The minimum absolute atomic E-state index is 0.109. The van der Waals surface area contributed by atoms with Crippen LogP contribution in [0.15, 0.2) is 29.2 Å². The standard InChI is InChI=1S/C13H14N4O3S/c1-9-13(10(2)16-15-9)21(18,19)17-11-5-3-4-6-12(11)20-8-7-14/h3-6,17H,8H2,1-2H3,(H,15,16). The largest absolute Gasteiger partial charge is 0.477 e. The van der Waals surface area contributed by atoms with Crippen molar-refractivity contribution < 1.29 is 13.2 Å². The van der Waals surface area contributed by atoms with Crippen molar-refractivity contribution in [1.82, 2.24) is 10.2 Å². The summed E-state index contributed by atoms with van der Waals surface area (Å²) in [5, 5.41) is 15.1. The lowest BCUT2D eigenvalue weighted by Gasteiger charge is -2.12. The summed E-state index contributed by atoms with van der Waals surface area (Å²) in [5.74, 6) is 0.293. The first-order valence-electron chi connectivity index (χ1n) is 6.09. The third kappa shape index (κ3) is 3.14.